The topological polar surface area (TPSA) is 64.3 Å². The van der Waals surface area contributed by atoms with Crippen LogP contribution in [-0.4, -0.2) is 28.0 Å². The average Bonchev–Trinajstić information content (AvgIpc) is 2.33. The molecule has 1 aromatic rings. The lowest BCUT2D eigenvalue weighted by Crippen LogP contribution is -2.02. The third-order valence-corrected chi connectivity index (χ3v) is 2.55. The molecule has 1 heterocycles. The maximum atomic E-state index is 10.7. The highest BCUT2D eigenvalue weighted by Gasteiger charge is 2.19. The fraction of sp³-hybridized carbons (Fsp3) is 0.429. The number of carboxylic acid groups (broad SMARTS) is 1. The van der Waals surface area contributed by atoms with Crippen molar-refractivity contribution in [3.63, 3.8) is 0 Å². The van der Waals surface area contributed by atoms with E-state index < -0.39 is 5.97 Å². The summed E-state index contributed by atoms with van der Waals surface area (Å²) >= 11 is 3.23. The zero-order valence-corrected chi connectivity index (χ0v) is 8.83. The highest BCUT2D eigenvalue weighted by atomic mass is 79.9. The molecular weight excluding hydrogens is 240 g/mol. The van der Waals surface area contributed by atoms with Gasteiger partial charge >= 0.3 is 5.97 Å². The summed E-state index contributed by atoms with van der Waals surface area (Å²) in [6.07, 6.45) is 0. The van der Waals surface area contributed by atoms with E-state index in [1.165, 1.54) is 11.8 Å². The van der Waals surface area contributed by atoms with Gasteiger partial charge in [-0.05, 0) is 15.9 Å². The fourth-order valence-corrected chi connectivity index (χ4v) is 1.37. The second-order valence-electron chi connectivity index (χ2n) is 2.48. The van der Waals surface area contributed by atoms with Crippen molar-refractivity contribution < 1.29 is 14.6 Å². The van der Waals surface area contributed by atoms with Crippen molar-refractivity contribution in [1.29, 1.82) is 0 Å². The Labute approximate surface area is 83.4 Å². The summed E-state index contributed by atoms with van der Waals surface area (Å²) in [4.78, 5) is 10.7. The molecule has 0 atom stereocenters. The van der Waals surface area contributed by atoms with E-state index in [-0.39, 0.29) is 12.3 Å². The number of carboxylic acids is 1. The number of rotatable bonds is 3. The Morgan fingerprint density at radius 3 is 2.85 bits per heavy atom. The van der Waals surface area contributed by atoms with Gasteiger partial charge in [0.15, 0.2) is 5.69 Å². The second kappa shape index (κ2) is 3.89. The van der Waals surface area contributed by atoms with Gasteiger partial charge in [-0.15, -0.1) is 0 Å². The quantitative estimate of drug-likeness (QED) is 0.868. The fourth-order valence-electron chi connectivity index (χ4n) is 0.991. The first-order valence-corrected chi connectivity index (χ1v) is 4.30. The molecular formula is C7H9BrN2O3. The first-order chi connectivity index (χ1) is 6.07. The standard InChI is InChI=1S/C7H9BrN2O3/c1-10-6(8)4(3-13-2)5(9-10)7(11)12/h3H2,1-2H3,(H,11,12). The molecule has 0 bridgehead atoms. The van der Waals surface area contributed by atoms with Gasteiger partial charge in [-0.1, -0.05) is 0 Å². The summed E-state index contributed by atoms with van der Waals surface area (Å²) in [7, 11) is 3.17. The number of carbonyl (C=O) groups is 1. The predicted octanol–water partition coefficient (Wildman–Crippen LogP) is 1.03. The van der Waals surface area contributed by atoms with Gasteiger partial charge in [-0.25, -0.2) is 4.79 Å². The maximum Gasteiger partial charge on any atom is 0.356 e. The monoisotopic (exact) mass is 248 g/mol. The third-order valence-electron chi connectivity index (χ3n) is 1.56. The van der Waals surface area contributed by atoms with E-state index in [9.17, 15) is 4.79 Å². The largest absolute Gasteiger partial charge is 0.476 e. The molecule has 5 nitrogen and oxygen atoms in total. The van der Waals surface area contributed by atoms with Crippen molar-refractivity contribution in [3.05, 3.63) is 15.9 Å². The van der Waals surface area contributed by atoms with Gasteiger partial charge in [0.25, 0.3) is 0 Å². The zero-order chi connectivity index (χ0) is 10.0. The molecule has 6 heteroatoms. The number of aryl methyl sites for hydroxylation is 1. The number of halogens is 1. The van der Waals surface area contributed by atoms with Crippen LogP contribution in [0.3, 0.4) is 0 Å². The van der Waals surface area contributed by atoms with Crippen LogP contribution in [0.4, 0.5) is 0 Å². The number of ether oxygens (including phenoxy) is 1. The van der Waals surface area contributed by atoms with Crippen molar-refractivity contribution >= 4 is 21.9 Å². The molecule has 0 aliphatic heterocycles. The van der Waals surface area contributed by atoms with E-state index >= 15 is 0 Å². The maximum absolute atomic E-state index is 10.7. The number of hydrogen-bond acceptors (Lipinski definition) is 3. The van der Waals surface area contributed by atoms with Gasteiger partial charge in [0, 0.05) is 19.7 Å². The average molecular weight is 249 g/mol. The van der Waals surface area contributed by atoms with Gasteiger partial charge < -0.3 is 9.84 Å². The molecule has 1 N–H and O–H groups in total. The van der Waals surface area contributed by atoms with Crippen molar-refractivity contribution in [1.82, 2.24) is 9.78 Å². The Bertz CT molecular complexity index is 335. The molecule has 0 saturated heterocycles. The molecule has 72 valence electrons. The van der Waals surface area contributed by atoms with E-state index in [4.69, 9.17) is 9.84 Å². The Morgan fingerprint density at radius 2 is 2.38 bits per heavy atom. The minimum absolute atomic E-state index is 0.0243. The van der Waals surface area contributed by atoms with Gasteiger partial charge in [-0.2, -0.15) is 5.10 Å². The van der Waals surface area contributed by atoms with Crippen LogP contribution in [0.1, 0.15) is 16.1 Å². The molecule has 0 unspecified atom stereocenters. The smallest absolute Gasteiger partial charge is 0.356 e. The lowest BCUT2D eigenvalue weighted by Gasteiger charge is -1.97. The molecule has 0 aliphatic carbocycles. The summed E-state index contributed by atoms with van der Waals surface area (Å²) in [5.41, 5.74) is 0.578. The summed E-state index contributed by atoms with van der Waals surface area (Å²) < 4.78 is 6.95. The first-order valence-electron chi connectivity index (χ1n) is 3.51. The Hall–Kier alpha value is -0.880. The zero-order valence-electron chi connectivity index (χ0n) is 7.24. The third kappa shape index (κ3) is 1.89. The van der Waals surface area contributed by atoms with Gasteiger partial charge in [0.1, 0.15) is 4.60 Å². The Kier molecular flexibility index (Phi) is 3.05. The predicted molar refractivity (Wildman–Crippen MR) is 48.6 cm³/mol. The SMILES string of the molecule is COCc1c(C(=O)O)nn(C)c1Br. The summed E-state index contributed by atoms with van der Waals surface area (Å²) in [6, 6.07) is 0. The van der Waals surface area contributed by atoms with E-state index in [1.807, 2.05) is 0 Å². The molecule has 1 rings (SSSR count). The molecule has 13 heavy (non-hydrogen) atoms. The Balaban J connectivity index is 3.18. The molecule has 1 aromatic heterocycles. The summed E-state index contributed by atoms with van der Waals surface area (Å²) in [5, 5.41) is 12.6. The minimum atomic E-state index is -1.05. The lowest BCUT2D eigenvalue weighted by atomic mass is 10.2. The Morgan fingerprint density at radius 1 is 1.77 bits per heavy atom. The van der Waals surface area contributed by atoms with E-state index in [2.05, 4.69) is 21.0 Å². The second-order valence-corrected chi connectivity index (χ2v) is 3.23. The summed E-state index contributed by atoms with van der Waals surface area (Å²) in [6.45, 7) is 0.232. The van der Waals surface area contributed by atoms with Crippen molar-refractivity contribution in [2.24, 2.45) is 7.05 Å². The van der Waals surface area contributed by atoms with Crippen molar-refractivity contribution in [3.8, 4) is 0 Å². The number of aromatic carboxylic acids is 1. The number of aromatic nitrogens is 2. The molecule has 0 amide bonds. The van der Waals surface area contributed by atoms with Crippen molar-refractivity contribution in [2.75, 3.05) is 7.11 Å². The lowest BCUT2D eigenvalue weighted by molar-refractivity contribution is 0.0684. The molecule has 0 radical (unpaired) electrons. The van der Waals surface area contributed by atoms with Gasteiger partial charge in [0.2, 0.25) is 0 Å². The summed E-state index contributed by atoms with van der Waals surface area (Å²) in [5.74, 6) is -1.05. The number of methoxy groups -OCH3 is 1. The van der Waals surface area contributed by atoms with Crippen LogP contribution in [-0.2, 0) is 18.4 Å². The number of hydrogen-bond donors (Lipinski definition) is 1. The first kappa shape index (κ1) is 10.2. The van der Waals surface area contributed by atoms with Crippen molar-refractivity contribution in [2.45, 2.75) is 6.61 Å². The molecule has 0 aromatic carbocycles. The van der Waals surface area contributed by atoms with Gasteiger partial charge in [0.05, 0.1) is 6.61 Å². The van der Waals surface area contributed by atoms with E-state index in [1.54, 1.807) is 7.05 Å². The highest BCUT2D eigenvalue weighted by Crippen LogP contribution is 2.20. The molecule has 0 saturated carbocycles. The van der Waals surface area contributed by atoms with E-state index in [0.717, 1.165) is 0 Å². The normalized spacial score (nSPS) is 10.4. The van der Waals surface area contributed by atoms with Crippen LogP contribution in [0, 0.1) is 0 Å². The van der Waals surface area contributed by atoms with Crippen LogP contribution in [0.15, 0.2) is 4.60 Å². The molecule has 0 fully saturated rings. The molecule has 0 spiro atoms. The van der Waals surface area contributed by atoms with Crippen LogP contribution in [0.2, 0.25) is 0 Å². The van der Waals surface area contributed by atoms with Crippen LogP contribution in [0.25, 0.3) is 0 Å². The van der Waals surface area contributed by atoms with Crippen LogP contribution >= 0.6 is 15.9 Å². The highest BCUT2D eigenvalue weighted by molar-refractivity contribution is 9.10. The molecule has 0 aliphatic rings. The van der Waals surface area contributed by atoms with Crippen LogP contribution < -0.4 is 0 Å². The van der Waals surface area contributed by atoms with Gasteiger partial charge in [-0.3, -0.25) is 4.68 Å². The van der Waals surface area contributed by atoms with Crippen LogP contribution in [0.5, 0.6) is 0 Å². The number of nitrogens with zero attached hydrogens (tertiary/aromatic N) is 2. The van der Waals surface area contributed by atoms with E-state index in [0.29, 0.717) is 10.2 Å². The minimum Gasteiger partial charge on any atom is -0.476 e.